The largest absolute Gasteiger partial charge is 0.419 e. The van der Waals surface area contributed by atoms with Crippen molar-refractivity contribution in [2.45, 2.75) is 19.0 Å². The van der Waals surface area contributed by atoms with Crippen LogP contribution < -0.4 is 0 Å². The van der Waals surface area contributed by atoms with Crippen molar-refractivity contribution < 1.29 is 22.0 Å². The summed E-state index contributed by atoms with van der Waals surface area (Å²) in [4.78, 5) is 3.39. The molecular formula is C9H4F5IN2. The van der Waals surface area contributed by atoms with Crippen molar-refractivity contribution in [3.8, 4) is 6.07 Å². The van der Waals surface area contributed by atoms with Gasteiger partial charge in [0.1, 0.15) is 3.70 Å². The smallest absolute Gasteiger partial charge is 0.249 e. The lowest BCUT2D eigenvalue weighted by Gasteiger charge is -2.16. The molecule has 1 aromatic rings. The van der Waals surface area contributed by atoms with Gasteiger partial charge in [0.25, 0.3) is 6.43 Å². The van der Waals surface area contributed by atoms with E-state index < -0.39 is 39.4 Å². The predicted octanol–water partition coefficient (Wildman–Crippen LogP) is 3.71. The molecule has 0 atom stereocenters. The first-order valence-electron chi connectivity index (χ1n) is 4.18. The Bertz CT molecular complexity index is 464. The van der Waals surface area contributed by atoms with E-state index in [4.69, 9.17) is 5.26 Å². The highest BCUT2D eigenvalue weighted by Gasteiger charge is 2.40. The van der Waals surface area contributed by atoms with E-state index in [0.717, 1.165) is 6.20 Å². The molecule has 17 heavy (non-hydrogen) atoms. The summed E-state index contributed by atoms with van der Waals surface area (Å²) in [5.41, 5.74) is -3.01. The third kappa shape index (κ3) is 3.02. The Morgan fingerprint density at radius 2 is 2.00 bits per heavy atom. The Balaban J connectivity index is 3.56. The lowest BCUT2D eigenvalue weighted by molar-refractivity contribution is -0.140. The monoisotopic (exact) mass is 362 g/mol. The van der Waals surface area contributed by atoms with E-state index in [0.29, 0.717) is 0 Å². The molecular weight excluding hydrogens is 358 g/mol. The average Bonchev–Trinajstić information content (AvgIpc) is 2.18. The van der Waals surface area contributed by atoms with Crippen LogP contribution in [-0.4, -0.2) is 4.98 Å². The molecule has 0 amide bonds. The summed E-state index contributed by atoms with van der Waals surface area (Å²) in [7, 11) is 0. The fraction of sp³-hybridized carbons (Fsp3) is 0.333. The van der Waals surface area contributed by atoms with E-state index in [1.807, 2.05) is 0 Å². The van der Waals surface area contributed by atoms with Crippen LogP contribution in [-0.2, 0) is 12.6 Å². The zero-order valence-corrected chi connectivity index (χ0v) is 10.2. The molecule has 0 aliphatic rings. The van der Waals surface area contributed by atoms with Gasteiger partial charge in [-0.2, -0.15) is 18.4 Å². The molecule has 0 aliphatic carbocycles. The first-order valence-corrected chi connectivity index (χ1v) is 5.26. The summed E-state index contributed by atoms with van der Waals surface area (Å²) in [5, 5.41) is 8.38. The van der Waals surface area contributed by atoms with Crippen molar-refractivity contribution in [3.63, 3.8) is 0 Å². The Morgan fingerprint density at radius 3 is 2.41 bits per heavy atom. The van der Waals surface area contributed by atoms with E-state index in [1.54, 1.807) is 0 Å². The van der Waals surface area contributed by atoms with Crippen molar-refractivity contribution in [2.24, 2.45) is 0 Å². The second-order valence-electron chi connectivity index (χ2n) is 3.00. The Hall–Kier alpha value is -0.980. The average molecular weight is 362 g/mol. The van der Waals surface area contributed by atoms with Gasteiger partial charge >= 0.3 is 6.18 Å². The minimum atomic E-state index is -4.92. The summed E-state index contributed by atoms with van der Waals surface area (Å²) in [6.07, 6.45) is -7.87. The van der Waals surface area contributed by atoms with Gasteiger partial charge in [-0.3, -0.25) is 0 Å². The van der Waals surface area contributed by atoms with Crippen molar-refractivity contribution >= 4 is 22.6 Å². The van der Waals surface area contributed by atoms with Gasteiger partial charge in [-0.15, -0.1) is 0 Å². The SMILES string of the molecule is N#CCc1cnc(I)c(C(F)(F)F)c1C(F)F. The number of aromatic nitrogens is 1. The summed E-state index contributed by atoms with van der Waals surface area (Å²) in [6, 6.07) is 1.53. The second-order valence-corrected chi connectivity index (χ2v) is 4.02. The van der Waals surface area contributed by atoms with Crippen LogP contribution in [0.4, 0.5) is 22.0 Å². The third-order valence-electron chi connectivity index (χ3n) is 1.93. The summed E-state index contributed by atoms with van der Waals surface area (Å²) >= 11 is 1.24. The molecule has 0 radical (unpaired) electrons. The normalized spacial score (nSPS) is 11.6. The van der Waals surface area contributed by atoms with Gasteiger partial charge in [-0.05, 0) is 28.2 Å². The fourth-order valence-electron chi connectivity index (χ4n) is 1.29. The fourth-order valence-corrected chi connectivity index (χ4v) is 2.02. The molecule has 0 aromatic carbocycles. The molecule has 1 heterocycles. The van der Waals surface area contributed by atoms with Crippen LogP contribution in [0.3, 0.4) is 0 Å². The lowest BCUT2D eigenvalue weighted by atomic mass is 10.0. The van der Waals surface area contributed by atoms with Crippen LogP contribution in [0.5, 0.6) is 0 Å². The number of rotatable bonds is 2. The van der Waals surface area contributed by atoms with Gasteiger partial charge in [-0.25, -0.2) is 13.8 Å². The van der Waals surface area contributed by atoms with E-state index >= 15 is 0 Å². The van der Waals surface area contributed by atoms with Crippen molar-refractivity contribution in [1.82, 2.24) is 4.98 Å². The minimum absolute atomic E-state index is 0.393. The van der Waals surface area contributed by atoms with Crippen molar-refractivity contribution in [2.75, 3.05) is 0 Å². The summed E-state index contributed by atoms with van der Waals surface area (Å²) in [5.74, 6) is 0. The highest BCUT2D eigenvalue weighted by Crippen LogP contribution is 2.40. The highest BCUT2D eigenvalue weighted by molar-refractivity contribution is 14.1. The number of pyridine rings is 1. The van der Waals surface area contributed by atoms with Crippen LogP contribution in [0.1, 0.15) is 23.1 Å². The second kappa shape index (κ2) is 5.12. The quantitative estimate of drug-likeness (QED) is 0.457. The highest BCUT2D eigenvalue weighted by atomic mass is 127. The Morgan fingerprint density at radius 1 is 1.41 bits per heavy atom. The first-order chi connectivity index (χ1) is 7.79. The molecule has 0 aliphatic heterocycles. The molecule has 0 fully saturated rings. The molecule has 0 saturated heterocycles. The van der Waals surface area contributed by atoms with Gasteiger partial charge in [-0.1, -0.05) is 0 Å². The number of halogens is 6. The van der Waals surface area contributed by atoms with Crippen LogP contribution in [0.25, 0.3) is 0 Å². The van der Waals surface area contributed by atoms with Crippen LogP contribution in [0, 0.1) is 15.0 Å². The minimum Gasteiger partial charge on any atom is -0.249 e. The number of nitrogens with zero attached hydrogens (tertiary/aromatic N) is 2. The molecule has 2 nitrogen and oxygen atoms in total. The van der Waals surface area contributed by atoms with Gasteiger partial charge in [0, 0.05) is 11.8 Å². The maximum Gasteiger partial charge on any atom is 0.419 e. The van der Waals surface area contributed by atoms with Gasteiger partial charge < -0.3 is 0 Å². The maximum atomic E-state index is 12.7. The summed E-state index contributed by atoms with van der Waals surface area (Å²) < 4.78 is 62.7. The zero-order valence-electron chi connectivity index (χ0n) is 8.02. The molecule has 0 bridgehead atoms. The number of alkyl halides is 5. The summed E-state index contributed by atoms with van der Waals surface area (Å²) in [6.45, 7) is 0. The number of hydrogen-bond acceptors (Lipinski definition) is 2. The molecule has 0 unspecified atom stereocenters. The van der Waals surface area contributed by atoms with Crippen molar-refractivity contribution in [1.29, 1.82) is 5.26 Å². The van der Waals surface area contributed by atoms with E-state index in [1.165, 1.54) is 28.7 Å². The van der Waals surface area contributed by atoms with E-state index in [9.17, 15) is 22.0 Å². The molecule has 1 rings (SSSR count). The molecule has 0 saturated carbocycles. The molecule has 92 valence electrons. The maximum absolute atomic E-state index is 12.7. The molecule has 1 aromatic heterocycles. The first kappa shape index (κ1) is 14.1. The van der Waals surface area contributed by atoms with E-state index in [2.05, 4.69) is 4.98 Å². The lowest BCUT2D eigenvalue weighted by Crippen LogP contribution is -2.15. The van der Waals surface area contributed by atoms with E-state index in [-0.39, 0.29) is 0 Å². The number of hydrogen-bond donors (Lipinski definition) is 0. The van der Waals surface area contributed by atoms with Gasteiger partial charge in [0.15, 0.2) is 0 Å². The van der Waals surface area contributed by atoms with Gasteiger partial charge in [0.2, 0.25) is 0 Å². The molecule has 0 N–H and O–H groups in total. The zero-order chi connectivity index (χ0) is 13.2. The number of nitriles is 1. The van der Waals surface area contributed by atoms with Crippen molar-refractivity contribution in [3.05, 3.63) is 26.6 Å². The Kier molecular flexibility index (Phi) is 4.24. The molecule has 0 spiro atoms. The third-order valence-corrected chi connectivity index (χ3v) is 2.74. The predicted molar refractivity (Wildman–Crippen MR) is 56.2 cm³/mol. The molecule has 8 heteroatoms. The standard InChI is InChI=1S/C9H4F5IN2/c10-7(11)5-4(1-2-16)3-17-8(15)6(5)9(12,13)14/h3,7H,1H2. The van der Waals surface area contributed by atoms with Crippen LogP contribution in [0.15, 0.2) is 6.20 Å². The Labute approximate surface area is 107 Å². The van der Waals surface area contributed by atoms with Crippen LogP contribution in [0.2, 0.25) is 0 Å². The topological polar surface area (TPSA) is 36.7 Å². The van der Waals surface area contributed by atoms with Gasteiger partial charge in [0.05, 0.1) is 18.1 Å². The van der Waals surface area contributed by atoms with Crippen LogP contribution >= 0.6 is 22.6 Å².